The number of anilines is 1. The first-order valence-corrected chi connectivity index (χ1v) is 7.71. The predicted octanol–water partition coefficient (Wildman–Crippen LogP) is 1.79. The van der Waals surface area contributed by atoms with Crippen LogP contribution in [0.4, 0.5) is 5.82 Å². The fraction of sp³-hybridized carbons (Fsp3) is 0.231. The van der Waals surface area contributed by atoms with E-state index in [1.807, 2.05) is 13.0 Å². The van der Waals surface area contributed by atoms with Crippen molar-refractivity contribution in [3.05, 3.63) is 47.2 Å². The molecule has 0 spiro atoms. The third-order valence-corrected chi connectivity index (χ3v) is 3.95. The second-order valence-corrected chi connectivity index (χ2v) is 6.02. The highest BCUT2D eigenvalue weighted by molar-refractivity contribution is 7.91. The van der Waals surface area contributed by atoms with E-state index in [4.69, 9.17) is 5.26 Å². The number of aromatic nitrogens is 2. The summed E-state index contributed by atoms with van der Waals surface area (Å²) in [5.74, 6) is 0.128. The van der Waals surface area contributed by atoms with E-state index in [1.165, 1.54) is 0 Å². The Balaban J connectivity index is 2.08. The Morgan fingerprint density at radius 1 is 1.35 bits per heavy atom. The quantitative estimate of drug-likeness (QED) is 0.876. The molecule has 0 saturated heterocycles. The van der Waals surface area contributed by atoms with E-state index < -0.39 is 10.0 Å². The van der Waals surface area contributed by atoms with Crippen LogP contribution in [0.2, 0.25) is 0 Å². The zero-order valence-electron chi connectivity index (χ0n) is 10.9. The van der Waals surface area contributed by atoms with Crippen molar-refractivity contribution in [3.8, 4) is 6.07 Å². The maximum atomic E-state index is 12.0. The van der Waals surface area contributed by atoms with Crippen LogP contribution in [0.5, 0.6) is 0 Å². The number of aromatic amines is 1. The molecule has 0 unspecified atom stereocenters. The lowest BCUT2D eigenvalue weighted by Crippen LogP contribution is -2.15. The lowest BCUT2D eigenvalue weighted by molar-refractivity contribution is 0.600. The van der Waals surface area contributed by atoms with Crippen LogP contribution in [0.15, 0.2) is 30.3 Å². The monoisotopic (exact) mass is 290 g/mol. The standard InChI is InChI=1S/C13H14N4O2S/c1-2-12-7-13(16-15-12)17-20(18,19)9-11-5-3-10(8-14)4-6-11/h3-7H,2,9H2,1H3,(H2,15,16,17). The highest BCUT2D eigenvalue weighted by Crippen LogP contribution is 2.12. The van der Waals surface area contributed by atoms with E-state index in [2.05, 4.69) is 14.9 Å². The van der Waals surface area contributed by atoms with Crippen LogP contribution in [-0.2, 0) is 22.2 Å². The second-order valence-electron chi connectivity index (χ2n) is 4.30. The number of benzene rings is 1. The Morgan fingerprint density at radius 3 is 2.60 bits per heavy atom. The zero-order chi connectivity index (χ0) is 14.6. The molecule has 2 rings (SSSR count). The SMILES string of the molecule is CCc1cc(NS(=O)(=O)Cc2ccc(C#N)cc2)n[nH]1. The predicted molar refractivity (Wildman–Crippen MR) is 75.4 cm³/mol. The van der Waals surface area contributed by atoms with E-state index in [0.717, 1.165) is 12.1 Å². The van der Waals surface area contributed by atoms with Crippen LogP contribution in [0.25, 0.3) is 0 Å². The van der Waals surface area contributed by atoms with Crippen LogP contribution in [0, 0.1) is 11.3 Å². The van der Waals surface area contributed by atoms with Gasteiger partial charge in [0.2, 0.25) is 10.0 Å². The third-order valence-electron chi connectivity index (χ3n) is 2.71. The maximum Gasteiger partial charge on any atom is 0.238 e. The van der Waals surface area contributed by atoms with Crippen molar-refractivity contribution in [2.24, 2.45) is 0 Å². The highest BCUT2D eigenvalue weighted by atomic mass is 32.2. The minimum Gasteiger partial charge on any atom is -0.280 e. The van der Waals surface area contributed by atoms with Crippen LogP contribution in [-0.4, -0.2) is 18.6 Å². The molecule has 0 saturated carbocycles. The first kappa shape index (κ1) is 14.1. The van der Waals surface area contributed by atoms with Gasteiger partial charge in [-0.3, -0.25) is 9.82 Å². The second kappa shape index (κ2) is 5.75. The number of H-pyrrole nitrogens is 1. The number of aryl methyl sites for hydroxylation is 1. The van der Waals surface area contributed by atoms with Crippen LogP contribution in [0.1, 0.15) is 23.7 Å². The van der Waals surface area contributed by atoms with Gasteiger partial charge in [0.25, 0.3) is 0 Å². The molecule has 7 heteroatoms. The van der Waals surface area contributed by atoms with Gasteiger partial charge in [-0.15, -0.1) is 0 Å². The Morgan fingerprint density at radius 2 is 2.05 bits per heavy atom. The van der Waals surface area contributed by atoms with Gasteiger partial charge in [0.05, 0.1) is 17.4 Å². The Labute approximate surface area is 117 Å². The van der Waals surface area contributed by atoms with Crippen LogP contribution >= 0.6 is 0 Å². The van der Waals surface area contributed by atoms with Crippen molar-refractivity contribution in [1.82, 2.24) is 10.2 Å². The molecule has 20 heavy (non-hydrogen) atoms. The molecule has 0 aliphatic rings. The normalized spacial score (nSPS) is 11.0. The van der Waals surface area contributed by atoms with Crippen molar-refractivity contribution in [2.45, 2.75) is 19.1 Å². The zero-order valence-corrected chi connectivity index (χ0v) is 11.7. The van der Waals surface area contributed by atoms with Gasteiger partial charge < -0.3 is 0 Å². The van der Waals surface area contributed by atoms with E-state index in [-0.39, 0.29) is 11.6 Å². The molecule has 0 radical (unpaired) electrons. The summed E-state index contributed by atoms with van der Waals surface area (Å²) in [6, 6.07) is 10.1. The molecule has 0 aliphatic carbocycles. The van der Waals surface area contributed by atoms with Gasteiger partial charge in [0.15, 0.2) is 5.82 Å². The Hall–Kier alpha value is -2.33. The number of sulfonamides is 1. The van der Waals surface area contributed by atoms with Gasteiger partial charge in [0, 0.05) is 11.8 Å². The molecule has 0 aliphatic heterocycles. The van der Waals surface area contributed by atoms with Gasteiger partial charge in [-0.1, -0.05) is 19.1 Å². The minimum absolute atomic E-state index is 0.160. The highest BCUT2D eigenvalue weighted by Gasteiger charge is 2.13. The van der Waals surface area contributed by atoms with Crippen molar-refractivity contribution in [1.29, 1.82) is 5.26 Å². The van der Waals surface area contributed by atoms with Crippen LogP contribution < -0.4 is 4.72 Å². The van der Waals surface area contributed by atoms with Crippen molar-refractivity contribution < 1.29 is 8.42 Å². The Bertz CT molecular complexity index is 726. The average molecular weight is 290 g/mol. The third kappa shape index (κ3) is 3.59. The fourth-order valence-electron chi connectivity index (χ4n) is 1.69. The molecule has 104 valence electrons. The molecular formula is C13H14N4O2S. The summed E-state index contributed by atoms with van der Waals surface area (Å²) in [7, 11) is -3.52. The summed E-state index contributed by atoms with van der Waals surface area (Å²) in [6.45, 7) is 1.95. The molecule has 1 aromatic heterocycles. The van der Waals surface area contributed by atoms with Crippen LogP contribution in [0.3, 0.4) is 0 Å². The van der Waals surface area contributed by atoms with Crippen molar-refractivity contribution in [2.75, 3.05) is 4.72 Å². The van der Waals surface area contributed by atoms with Crippen molar-refractivity contribution >= 4 is 15.8 Å². The lowest BCUT2D eigenvalue weighted by atomic mass is 10.2. The molecule has 1 aromatic carbocycles. The number of nitrogens with zero attached hydrogens (tertiary/aromatic N) is 2. The largest absolute Gasteiger partial charge is 0.280 e. The number of rotatable bonds is 5. The number of nitriles is 1. The molecule has 0 amide bonds. The van der Waals surface area contributed by atoms with Gasteiger partial charge >= 0.3 is 0 Å². The first-order chi connectivity index (χ1) is 9.52. The minimum atomic E-state index is -3.52. The number of hydrogen-bond acceptors (Lipinski definition) is 4. The fourth-order valence-corrected chi connectivity index (χ4v) is 2.81. The molecule has 6 nitrogen and oxygen atoms in total. The van der Waals surface area contributed by atoms with Crippen molar-refractivity contribution in [3.63, 3.8) is 0 Å². The van der Waals surface area contributed by atoms with E-state index in [1.54, 1.807) is 30.3 Å². The molecule has 0 bridgehead atoms. The average Bonchev–Trinajstić information content (AvgIpc) is 2.86. The van der Waals surface area contributed by atoms with E-state index >= 15 is 0 Å². The Kier molecular flexibility index (Phi) is 4.05. The summed E-state index contributed by atoms with van der Waals surface area (Å²) in [5, 5.41) is 15.3. The molecule has 2 N–H and O–H groups in total. The first-order valence-electron chi connectivity index (χ1n) is 6.06. The maximum absolute atomic E-state index is 12.0. The summed E-state index contributed by atoms with van der Waals surface area (Å²) in [5.41, 5.74) is 1.97. The summed E-state index contributed by atoms with van der Waals surface area (Å²) >= 11 is 0. The summed E-state index contributed by atoms with van der Waals surface area (Å²) in [6.07, 6.45) is 0.754. The molecular weight excluding hydrogens is 276 g/mol. The molecule has 1 heterocycles. The smallest absolute Gasteiger partial charge is 0.238 e. The summed E-state index contributed by atoms with van der Waals surface area (Å²) in [4.78, 5) is 0. The van der Waals surface area contributed by atoms with E-state index in [9.17, 15) is 8.42 Å². The van der Waals surface area contributed by atoms with E-state index in [0.29, 0.717) is 11.1 Å². The van der Waals surface area contributed by atoms with Gasteiger partial charge in [-0.2, -0.15) is 10.4 Å². The lowest BCUT2D eigenvalue weighted by Gasteiger charge is -2.05. The van der Waals surface area contributed by atoms with Gasteiger partial charge in [0.1, 0.15) is 0 Å². The molecule has 2 aromatic rings. The summed E-state index contributed by atoms with van der Waals surface area (Å²) < 4.78 is 26.4. The van der Waals surface area contributed by atoms with Gasteiger partial charge in [-0.25, -0.2) is 8.42 Å². The number of hydrogen-bond donors (Lipinski definition) is 2. The topological polar surface area (TPSA) is 98.6 Å². The molecule has 0 fully saturated rings. The van der Waals surface area contributed by atoms with Gasteiger partial charge in [-0.05, 0) is 24.1 Å². The molecule has 0 atom stereocenters. The number of nitrogens with one attached hydrogen (secondary N) is 2.